The minimum absolute atomic E-state index is 0.0722. The normalized spacial score (nSPS) is 22.5. The molecule has 0 aromatic heterocycles. The monoisotopic (exact) mass is 278 g/mol. The van der Waals surface area contributed by atoms with Crippen molar-refractivity contribution in [2.24, 2.45) is 5.92 Å². The fourth-order valence-electron chi connectivity index (χ4n) is 2.93. The molecule has 2 atom stereocenters. The molecule has 1 amide bonds. The van der Waals surface area contributed by atoms with Gasteiger partial charge in [0.05, 0.1) is 6.54 Å². The molecule has 0 heterocycles. The van der Waals surface area contributed by atoms with E-state index >= 15 is 0 Å². The van der Waals surface area contributed by atoms with E-state index in [1.807, 2.05) is 0 Å². The lowest BCUT2D eigenvalue weighted by Crippen LogP contribution is -2.42. The number of hydrogen-bond donors (Lipinski definition) is 2. The minimum Gasteiger partial charge on any atom is -0.325 e. The Kier molecular flexibility index (Phi) is 5.53. The molecule has 1 aliphatic carbocycles. The molecule has 0 aliphatic heterocycles. The van der Waals surface area contributed by atoms with Crippen LogP contribution in [0, 0.1) is 11.7 Å². The summed E-state index contributed by atoms with van der Waals surface area (Å²) in [6.07, 6.45) is 6.12. The molecular weight excluding hydrogens is 255 g/mol. The molecule has 20 heavy (non-hydrogen) atoms. The van der Waals surface area contributed by atoms with E-state index in [9.17, 15) is 9.18 Å². The maximum atomic E-state index is 12.8. The van der Waals surface area contributed by atoms with Crippen molar-refractivity contribution in [2.45, 2.75) is 45.1 Å². The Balaban J connectivity index is 1.78. The van der Waals surface area contributed by atoms with Gasteiger partial charge in [-0.1, -0.05) is 26.2 Å². The third-order valence-electron chi connectivity index (χ3n) is 4.09. The van der Waals surface area contributed by atoms with Gasteiger partial charge in [-0.05, 0) is 43.0 Å². The summed E-state index contributed by atoms with van der Waals surface area (Å²) in [5, 5.41) is 6.14. The van der Waals surface area contributed by atoms with Crippen molar-refractivity contribution in [1.82, 2.24) is 5.32 Å². The van der Waals surface area contributed by atoms with Crippen LogP contribution in [0.15, 0.2) is 24.3 Å². The van der Waals surface area contributed by atoms with Crippen LogP contribution in [0.3, 0.4) is 0 Å². The van der Waals surface area contributed by atoms with Crippen LogP contribution in [0.1, 0.15) is 39.0 Å². The van der Waals surface area contributed by atoms with Gasteiger partial charge in [0.15, 0.2) is 0 Å². The van der Waals surface area contributed by atoms with Gasteiger partial charge in [-0.25, -0.2) is 4.39 Å². The van der Waals surface area contributed by atoms with Crippen LogP contribution in [0.2, 0.25) is 0 Å². The molecule has 1 aromatic carbocycles. The van der Waals surface area contributed by atoms with E-state index in [4.69, 9.17) is 0 Å². The second-order valence-corrected chi connectivity index (χ2v) is 5.50. The topological polar surface area (TPSA) is 41.1 Å². The summed E-state index contributed by atoms with van der Waals surface area (Å²) in [5.74, 6) is 0.313. The van der Waals surface area contributed by atoms with Gasteiger partial charge in [0.1, 0.15) is 5.82 Å². The molecule has 1 aliphatic rings. The molecule has 1 fully saturated rings. The molecule has 2 N–H and O–H groups in total. The molecule has 4 heteroatoms. The van der Waals surface area contributed by atoms with Gasteiger partial charge in [0.2, 0.25) is 5.91 Å². The Morgan fingerprint density at radius 2 is 1.95 bits per heavy atom. The van der Waals surface area contributed by atoms with Gasteiger partial charge in [0.25, 0.3) is 0 Å². The van der Waals surface area contributed by atoms with Crippen molar-refractivity contribution in [3.63, 3.8) is 0 Å². The average molecular weight is 278 g/mol. The third-order valence-corrected chi connectivity index (χ3v) is 4.09. The Labute approximate surface area is 120 Å². The number of benzene rings is 1. The summed E-state index contributed by atoms with van der Waals surface area (Å²) in [4.78, 5) is 11.9. The lowest BCUT2D eigenvalue weighted by Gasteiger charge is -2.31. The number of hydrogen-bond acceptors (Lipinski definition) is 2. The summed E-state index contributed by atoms with van der Waals surface area (Å²) in [6, 6.07) is 6.28. The van der Waals surface area contributed by atoms with E-state index in [2.05, 4.69) is 17.6 Å². The SMILES string of the molecule is CCC1CCCCC1NCC(=O)Nc1ccc(F)cc1. The maximum Gasteiger partial charge on any atom is 0.238 e. The molecule has 0 bridgehead atoms. The zero-order valence-electron chi connectivity index (χ0n) is 12.0. The Morgan fingerprint density at radius 3 is 2.65 bits per heavy atom. The van der Waals surface area contributed by atoms with E-state index in [0.29, 0.717) is 24.2 Å². The van der Waals surface area contributed by atoms with Crippen molar-refractivity contribution in [1.29, 1.82) is 0 Å². The first-order valence-electron chi connectivity index (χ1n) is 7.48. The van der Waals surface area contributed by atoms with E-state index in [-0.39, 0.29) is 11.7 Å². The van der Waals surface area contributed by atoms with Gasteiger partial charge in [-0.3, -0.25) is 4.79 Å². The molecule has 110 valence electrons. The van der Waals surface area contributed by atoms with Crippen LogP contribution in [0.5, 0.6) is 0 Å². The number of rotatable bonds is 5. The first kappa shape index (κ1) is 15.0. The fourth-order valence-corrected chi connectivity index (χ4v) is 2.93. The van der Waals surface area contributed by atoms with E-state index < -0.39 is 0 Å². The zero-order chi connectivity index (χ0) is 14.4. The van der Waals surface area contributed by atoms with Gasteiger partial charge in [0, 0.05) is 11.7 Å². The van der Waals surface area contributed by atoms with Crippen LogP contribution in [0.4, 0.5) is 10.1 Å². The van der Waals surface area contributed by atoms with Crippen LogP contribution in [0.25, 0.3) is 0 Å². The lowest BCUT2D eigenvalue weighted by atomic mass is 9.83. The summed E-state index contributed by atoms with van der Waals surface area (Å²) in [6.45, 7) is 2.53. The van der Waals surface area contributed by atoms with Crippen molar-refractivity contribution in [3.8, 4) is 0 Å². The molecular formula is C16H23FN2O. The van der Waals surface area contributed by atoms with Crippen LogP contribution in [-0.4, -0.2) is 18.5 Å². The highest BCUT2D eigenvalue weighted by Gasteiger charge is 2.23. The highest BCUT2D eigenvalue weighted by atomic mass is 19.1. The second-order valence-electron chi connectivity index (χ2n) is 5.50. The summed E-state index contributed by atoms with van der Waals surface area (Å²) < 4.78 is 12.8. The number of carbonyl (C=O) groups is 1. The number of anilines is 1. The lowest BCUT2D eigenvalue weighted by molar-refractivity contribution is -0.115. The minimum atomic E-state index is -0.297. The van der Waals surface area contributed by atoms with Crippen molar-refractivity contribution in [3.05, 3.63) is 30.1 Å². The number of carbonyl (C=O) groups excluding carboxylic acids is 1. The molecule has 0 radical (unpaired) electrons. The first-order chi connectivity index (χ1) is 9.69. The van der Waals surface area contributed by atoms with Crippen LogP contribution >= 0.6 is 0 Å². The van der Waals surface area contributed by atoms with Gasteiger partial charge >= 0.3 is 0 Å². The van der Waals surface area contributed by atoms with Crippen molar-refractivity contribution < 1.29 is 9.18 Å². The highest BCUT2D eigenvalue weighted by molar-refractivity contribution is 5.92. The smallest absolute Gasteiger partial charge is 0.238 e. The summed E-state index contributed by atoms with van der Waals surface area (Å²) >= 11 is 0. The van der Waals surface area contributed by atoms with Gasteiger partial charge in [-0.15, -0.1) is 0 Å². The Morgan fingerprint density at radius 1 is 1.25 bits per heavy atom. The molecule has 1 saturated carbocycles. The summed E-state index contributed by atoms with van der Waals surface area (Å²) in [5.41, 5.74) is 0.633. The molecule has 0 saturated heterocycles. The predicted molar refractivity (Wildman–Crippen MR) is 79.1 cm³/mol. The number of nitrogens with one attached hydrogen (secondary N) is 2. The molecule has 1 aromatic rings. The second kappa shape index (κ2) is 7.39. The van der Waals surface area contributed by atoms with Crippen molar-refractivity contribution in [2.75, 3.05) is 11.9 Å². The van der Waals surface area contributed by atoms with Crippen molar-refractivity contribution >= 4 is 11.6 Å². The zero-order valence-corrected chi connectivity index (χ0v) is 12.0. The molecule has 2 rings (SSSR count). The Bertz CT molecular complexity index is 433. The molecule has 0 spiro atoms. The van der Waals surface area contributed by atoms with E-state index in [1.54, 1.807) is 12.1 Å². The standard InChI is InChI=1S/C16H23FN2O/c1-2-12-5-3-4-6-15(12)18-11-16(20)19-14-9-7-13(17)8-10-14/h7-10,12,15,18H,2-6,11H2,1H3,(H,19,20). The maximum absolute atomic E-state index is 12.8. The third kappa shape index (κ3) is 4.30. The molecule has 2 unspecified atom stereocenters. The van der Waals surface area contributed by atoms with E-state index in [0.717, 1.165) is 12.8 Å². The first-order valence-corrected chi connectivity index (χ1v) is 7.48. The molecule has 3 nitrogen and oxygen atoms in total. The number of halogens is 1. The summed E-state index contributed by atoms with van der Waals surface area (Å²) in [7, 11) is 0. The average Bonchev–Trinajstić information content (AvgIpc) is 2.48. The van der Waals surface area contributed by atoms with E-state index in [1.165, 1.54) is 31.4 Å². The van der Waals surface area contributed by atoms with Gasteiger partial charge < -0.3 is 10.6 Å². The Hall–Kier alpha value is -1.42. The predicted octanol–water partition coefficient (Wildman–Crippen LogP) is 3.32. The van der Waals surface area contributed by atoms with Gasteiger partial charge in [-0.2, -0.15) is 0 Å². The van der Waals surface area contributed by atoms with Crippen LogP contribution < -0.4 is 10.6 Å². The quantitative estimate of drug-likeness (QED) is 0.867. The number of amides is 1. The highest BCUT2D eigenvalue weighted by Crippen LogP contribution is 2.26. The fraction of sp³-hybridized carbons (Fsp3) is 0.562. The largest absolute Gasteiger partial charge is 0.325 e. The van der Waals surface area contributed by atoms with Crippen LogP contribution in [-0.2, 0) is 4.79 Å².